The van der Waals surface area contributed by atoms with Crippen LogP contribution in [0.15, 0.2) is 17.2 Å². The van der Waals surface area contributed by atoms with Crippen molar-refractivity contribution in [1.29, 1.82) is 0 Å². The van der Waals surface area contributed by atoms with Crippen molar-refractivity contribution in [2.45, 2.75) is 20.3 Å². The van der Waals surface area contributed by atoms with E-state index in [9.17, 15) is 24.8 Å². The number of rotatable bonds is 7. The molecule has 0 aliphatic carbocycles. The van der Waals surface area contributed by atoms with Crippen LogP contribution in [0, 0.1) is 10.1 Å². The van der Waals surface area contributed by atoms with Gasteiger partial charge in [-0.3, -0.25) is 19.7 Å². The number of hydrogen-bond donors (Lipinski definition) is 3. The van der Waals surface area contributed by atoms with Crippen molar-refractivity contribution in [1.82, 2.24) is 10.7 Å². The number of hydrogen-bond acceptors (Lipinski definition) is 7. The molecule has 0 saturated carbocycles. The molecular formula is C14H18N4O6. The van der Waals surface area contributed by atoms with E-state index in [4.69, 9.17) is 4.74 Å². The normalized spacial score (nSPS) is 10.4. The Morgan fingerprint density at radius 1 is 1.38 bits per heavy atom. The SMILES string of the molecule is CCCNC(=O)C(=O)N/N=C\c1cc(OCC)c(O)c([N+](=O)[O-])c1. The monoisotopic (exact) mass is 338 g/mol. The lowest BCUT2D eigenvalue weighted by atomic mass is 10.2. The fourth-order valence-corrected chi connectivity index (χ4v) is 1.63. The second-order valence-corrected chi connectivity index (χ2v) is 4.53. The van der Waals surface area contributed by atoms with Gasteiger partial charge in [0, 0.05) is 18.2 Å². The van der Waals surface area contributed by atoms with Crippen LogP contribution in [0.1, 0.15) is 25.8 Å². The summed E-state index contributed by atoms with van der Waals surface area (Å²) in [7, 11) is 0. The van der Waals surface area contributed by atoms with Gasteiger partial charge in [-0.25, -0.2) is 5.43 Å². The first-order valence-corrected chi connectivity index (χ1v) is 7.16. The Bertz CT molecular complexity index is 659. The average Bonchev–Trinajstić information content (AvgIpc) is 2.54. The third-order valence-corrected chi connectivity index (χ3v) is 2.70. The minimum atomic E-state index is -0.960. The molecule has 10 heteroatoms. The molecule has 0 aliphatic rings. The molecule has 1 aromatic carbocycles. The Labute approximate surface area is 137 Å². The number of phenolic OH excluding ortho intramolecular Hbond substituents is 1. The van der Waals surface area contributed by atoms with Gasteiger partial charge in [0.05, 0.1) is 17.7 Å². The van der Waals surface area contributed by atoms with E-state index in [1.807, 2.05) is 12.3 Å². The third kappa shape index (κ3) is 5.23. The van der Waals surface area contributed by atoms with Crippen LogP contribution in [0.2, 0.25) is 0 Å². The van der Waals surface area contributed by atoms with Gasteiger partial charge in [-0.05, 0) is 19.4 Å². The first kappa shape index (κ1) is 18.9. The maximum atomic E-state index is 11.4. The number of carbonyl (C=O) groups excluding carboxylic acids is 2. The molecule has 24 heavy (non-hydrogen) atoms. The minimum Gasteiger partial charge on any atom is -0.500 e. The highest BCUT2D eigenvalue weighted by Crippen LogP contribution is 2.36. The first-order chi connectivity index (χ1) is 11.4. The van der Waals surface area contributed by atoms with Crippen LogP contribution in [0.25, 0.3) is 0 Å². The minimum absolute atomic E-state index is 0.0832. The summed E-state index contributed by atoms with van der Waals surface area (Å²) < 4.78 is 5.11. The van der Waals surface area contributed by atoms with Gasteiger partial charge in [0.1, 0.15) is 0 Å². The van der Waals surface area contributed by atoms with Crippen molar-refractivity contribution in [3.05, 3.63) is 27.8 Å². The smallest absolute Gasteiger partial charge is 0.329 e. The van der Waals surface area contributed by atoms with Crippen molar-refractivity contribution >= 4 is 23.7 Å². The molecule has 0 aromatic heterocycles. The molecule has 0 atom stereocenters. The lowest BCUT2D eigenvalue weighted by Crippen LogP contribution is -2.38. The summed E-state index contributed by atoms with van der Waals surface area (Å²) in [6.45, 7) is 4.04. The molecule has 0 radical (unpaired) electrons. The zero-order chi connectivity index (χ0) is 18.1. The zero-order valence-electron chi connectivity index (χ0n) is 13.2. The third-order valence-electron chi connectivity index (χ3n) is 2.70. The molecule has 0 spiro atoms. The summed E-state index contributed by atoms with van der Waals surface area (Å²) in [5, 5.41) is 26.6. The fourth-order valence-electron chi connectivity index (χ4n) is 1.63. The lowest BCUT2D eigenvalue weighted by Gasteiger charge is -2.07. The lowest BCUT2D eigenvalue weighted by molar-refractivity contribution is -0.386. The van der Waals surface area contributed by atoms with Crippen molar-refractivity contribution < 1.29 is 24.4 Å². The highest BCUT2D eigenvalue weighted by atomic mass is 16.6. The Kier molecular flexibility index (Phi) is 7.14. The van der Waals surface area contributed by atoms with E-state index in [1.165, 1.54) is 6.07 Å². The second-order valence-electron chi connectivity index (χ2n) is 4.53. The fraction of sp³-hybridized carbons (Fsp3) is 0.357. The highest BCUT2D eigenvalue weighted by Gasteiger charge is 2.19. The van der Waals surface area contributed by atoms with Crippen LogP contribution < -0.4 is 15.5 Å². The molecule has 0 fully saturated rings. The van der Waals surface area contributed by atoms with Gasteiger partial charge >= 0.3 is 17.5 Å². The number of nitro benzene ring substituents is 1. The predicted octanol–water partition coefficient (Wildman–Crippen LogP) is 0.675. The van der Waals surface area contributed by atoms with Gasteiger partial charge in [0.2, 0.25) is 5.75 Å². The van der Waals surface area contributed by atoms with Crippen LogP contribution in [-0.4, -0.2) is 41.2 Å². The van der Waals surface area contributed by atoms with E-state index < -0.39 is 28.2 Å². The van der Waals surface area contributed by atoms with E-state index in [1.54, 1.807) is 6.92 Å². The number of amides is 2. The average molecular weight is 338 g/mol. The summed E-state index contributed by atoms with van der Waals surface area (Å²) in [4.78, 5) is 32.9. The van der Waals surface area contributed by atoms with E-state index in [-0.39, 0.29) is 17.9 Å². The summed E-state index contributed by atoms with van der Waals surface area (Å²) in [5.41, 5.74) is 1.64. The Morgan fingerprint density at radius 2 is 2.08 bits per heavy atom. The summed E-state index contributed by atoms with van der Waals surface area (Å²) in [5.74, 6) is -2.47. The molecule has 0 saturated heterocycles. The number of phenols is 1. The van der Waals surface area contributed by atoms with Gasteiger partial charge in [-0.2, -0.15) is 5.10 Å². The van der Waals surface area contributed by atoms with Gasteiger partial charge in [-0.1, -0.05) is 6.92 Å². The Morgan fingerprint density at radius 3 is 2.67 bits per heavy atom. The maximum Gasteiger partial charge on any atom is 0.329 e. The van der Waals surface area contributed by atoms with Gasteiger partial charge in [0.15, 0.2) is 5.75 Å². The number of carbonyl (C=O) groups is 2. The molecule has 1 rings (SSSR count). The Balaban J connectivity index is 2.88. The van der Waals surface area contributed by atoms with Gasteiger partial charge in [0.25, 0.3) is 0 Å². The standard InChI is InChI=1S/C14H18N4O6/c1-3-5-15-13(20)14(21)17-16-8-9-6-10(18(22)23)12(19)11(7-9)24-4-2/h6-8,19H,3-5H2,1-2H3,(H,15,20)(H,17,21)/b16-8-. The second kappa shape index (κ2) is 9.08. The molecule has 0 heterocycles. The predicted molar refractivity (Wildman–Crippen MR) is 85.0 cm³/mol. The highest BCUT2D eigenvalue weighted by molar-refractivity contribution is 6.35. The van der Waals surface area contributed by atoms with Crippen LogP contribution in [0.3, 0.4) is 0 Å². The molecule has 0 unspecified atom stereocenters. The molecule has 0 aliphatic heterocycles. The number of benzene rings is 1. The molecule has 0 bridgehead atoms. The maximum absolute atomic E-state index is 11.4. The van der Waals surface area contributed by atoms with Crippen LogP contribution in [0.4, 0.5) is 5.69 Å². The zero-order valence-corrected chi connectivity index (χ0v) is 13.2. The van der Waals surface area contributed by atoms with Crippen molar-refractivity contribution in [2.75, 3.05) is 13.2 Å². The van der Waals surface area contributed by atoms with E-state index in [0.29, 0.717) is 13.0 Å². The number of hydrazone groups is 1. The number of nitrogens with zero attached hydrogens (tertiary/aromatic N) is 2. The number of nitro groups is 1. The molecule has 3 N–H and O–H groups in total. The van der Waals surface area contributed by atoms with E-state index in [0.717, 1.165) is 12.3 Å². The molecular weight excluding hydrogens is 320 g/mol. The Hall–Kier alpha value is -3.17. The molecule has 1 aromatic rings. The van der Waals surface area contributed by atoms with Gasteiger partial charge < -0.3 is 15.2 Å². The van der Waals surface area contributed by atoms with Crippen molar-refractivity contribution in [3.63, 3.8) is 0 Å². The van der Waals surface area contributed by atoms with Crippen molar-refractivity contribution in [3.8, 4) is 11.5 Å². The molecule has 2 amide bonds. The quantitative estimate of drug-likeness (QED) is 0.289. The molecule has 130 valence electrons. The summed E-state index contributed by atoms with van der Waals surface area (Å²) in [6, 6.07) is 2.38. The number of ether oxygens (including phenoxy) is 1. The topological polar surface area (TPSA) is 143 Å². The van der Waals surface area contributed by atoms with Crippen LogP contribution in [0.5, 0.6) is 11.5 Å². The van der Waals surface area contributed by atoms with E-state index in [2.05, 4.69) is 10.4 Å². The largest absolute Gasteiger partial charge is 0.500 e. The number of aromatic hydroxyl groups is 1. The summed E-state index contributed by atoms with van der Waals surface area (Å²) >= 11 is 0. The van der Waals surface area contributed by atoms with Crippen LogP contribution >= 0.6 is 0 Å². The van der Waals surface area contributed by atoms with Crippen molar-refractivity contribution in [2.24, 2.45) is 5.10 Å². The number of nitrogens with one attached hydrogen (secondary N) is 2. The van der Waals surface area contributed by atoms with Crippen LogP contribution in [-0.2, 0) is 9.59 Å². The first-order valence-electron chi connectivity index (χ1n) is 7.16. The van der Waals surface area contributed by atoms with Gasteiger partial charge in [-0.15, -0.1) is 0 Å². The van der Waals surface area contributed by atoms with E-state index >= 15 is 0 Å². The molecule has 10 nitrogen and oxygen atoms in total. The summed E-state index contributed by atoms with van der Waals surface area (Å²) in [6.07, 6.45) is 1.78.